The van der Waals surface area contributed by atoms with Gasteiger partial charge in [0.2, 0.25) is 5.60 Å². The van der Waals surface area contributed by atoms with E-state index in [1.807, 2.05) is 0 Å². The number of para-hydroxylation sites is 1. The first kappa shape index (κ1) is 30.4. The Kier molecular flexibility index (Phi) is 9.24. The molecule has 0 spiro atoms. The quantitative estimate of drug-likeness (QED) is 0.434. The molecule has 7 nitrogen and oxygen atoms in total. The molecule has 1 saturated carbocycles. The third kappa shape index (κ3) is 6.35. The van der Waals surface area contributed by atoms with Crippen LogP contribution < -0.4 is 4.74 Å². The number of pyridine rings is 1. The van der Waals surface area contributed by atoms with E-state index in [0.29, 0.717) is 30.4 Å². The van der Waals surface area contributed by atoms with Crippen LogP contribution in [0.15, 0.2) is 65.0 Å². The van der Waals surface area contributed by atoms with Crippen LogP contribution in [0.2, 0.25) is 0 Å². The maximum atomic E-state index is 13.8. The van der Waals surface area contributed by atoms with E-state index in [9.17, 15) is 27.9 Å². The number of benzene rings is 1. The molecule has 1 N–H and O–H groups in total. The minimum atomic E-state index is -4.52. The maximum absolute atomic E-state index is 13.8. The molecule has 208 valence electrons. The van der Waals surface area contributed by atoms with Crippen LogP contribution in [-0.2, 0) is 22.1 Å². The standard InChI is InChI=1S/C28H26ClF3N2O5.Na.H/c29-24-14-21-18(16-38-24)4-3-12-27(21,26(36)37)39-22-6-2-1-5-20(22)25(35)34(19-8-9-19)13-11-17-7-10-23(33-15-17)28(30,31)32;;/h1-2,5-7,10,14-15,19H,3-4,8-9,11-13,16H2,(H,36,37);;. The van der Waals surface area contributed by atoms with Crippen molar-refractivity contribution in [3.05, 3.63) is 81.9 Å². The van der Waals surface area contributed by atoms with Gasteiger partial charge in [-0.2, -0.15) is 13.2 Å². The molecule has 40 heavy (non-hydrogen) atoms. The van der Waals surface area contributed by atoms with Crippen LogP contribution in [-0.4, -0.2) is 81.2 Å². The van der Waals surface area contributed by atoms with Gasteiger partial charge >= 0.3 is 41.7 Å². The number of carbonyl (C=O) groups excluding carboxylic acids is 1. The number of hydrogen-bond acceptors (Lipinski definition) is 5. The van der Waals surface area contributed by atoms with Crippen LogP contribution in [0.5, 0.6) is 5.75 Å². The van der Waals surface area contributed by atoms with Crippen molar-refractivity contribution in [1.29, 1.82) is 0 Å². The van der Waals surface area contributed by atoms with Crippen LogP contribution in [0.4, 0.5) is 13.2 Å². The molecular formula is C28H27ClF3N2NaO5. The van der Waals surface area contributed by atoms with Crippen molar-refractivity contribution in [3.8, 4) is 5.75 Å². The molecule has 12 heteroatoms. The molecule has 1 aliphatic heterocycles. The van der Waals surface area contributed by atoms with Gasteiger partial charge in [-0.05, 0) is 73.0 Å². The molecule has 1 atom stereocenters. The number of halogens is 4. The van der Waals surface area contributed by atoms with E-state index in [0.717, 1.165) is 24.5 Å². The van der Waals surface area contributed by atoms with Crippen molar-refractivity contribution < 1.29 is 37.3 Å². The van der Waals surface area contributed by atoms with Gasteiger partial charge < -0.3 is 19.5 Å². The van der Waals surface area contributed by atoms with E-state index in [-0.39, 0.29) is 77.6 Å². The van der Waals surface area contributed by atoms with E-state index < -0.39 is 23.4 Å². The summed E-state index contributed by atoms with van der Waals surface area (Å²) in [6.07, 6.45) is 1.46. The van der Waals surface area contributed by atoms with Gasteiger partial charge in [-0.25, -0.2) is 4.79 Å². The average molecular weight is 587 g/mol. The molecule has 1 aromatic heterocycles. The summed E-state index contributed by atoms with van der Waals surface area (Å²) in [5.74, 6) is -1.39. The summed E-state index contributed by atoms with van der Waals surface area (Å²) in [7, 11) is 0. The van der Waals surface area contributed by atoms with Crippen molar-refractivity contribution in [2.24, 2.45) is 0 Å². The number of aliphatic carboxylic acids is 1. The fraction of sp³-hybridized carbons (Fsp3) is 0.393. The first-order chi connectivity index (χ1) is 18.6. The van der Waals surface area contributed by atoms with Gasteiger partial charge in [0.05, 0.1) is 5.56 Å². The molecule has 1 unspecified atom stereocenters. The molecule has 1 amide bonds. The Labute approximate surface area is 256 Å². The molecule has 2 heterocycles. The van der Waals surface area contributed by atoms with Crippen LogP contribution in [0, 0.1) is 0 Å². The number of nitrogens with zero attached hydrogens (tertiary/aromatic N) is 2. The third-order valence-electron chi connectivity index (χ3n) is 7.22. The Balaban J connectivity index is 0.00000370. The molecule has 0 saturated heterocycles. The molecule has 0 bridgehead atoms. The van der Waals surface area contributed by atoms with Crippen molar-refractivity contribution in [1.82, 2.24) is 9.88 Å². The summed E-state index contributed by atoms with van der Waals surface area (Å²) in [5, 5.41) is 10.4. The third-order valence-corrected chi connectivity index (χ3v) is 7.44. The molecular weight excluding hydrogens is 560 g/mol. The Hall–Kier alpha value is -2.53. The predicted octanol–water partition coefficient (Wildman–Crippen LogP) is 5.09. The summed E-state index contributed by atoms with van der Waals surface area (Å²) in [6, 6.07) is 8.78. The number of carbonyl (C=O) groups is 2. The van der Waals surface area contributed by atoms with Gasteiger partial charge in [-0.15, -0.1) is 0 Å². The van der Waals surface area contributed by atoms with E-state index in [1.165, 1.54) is 18.3 Å². The number of hydrogen-bond donors (Lipinski definition) is 1. The fourth-order valence-electron chi connectivity index (χ4n) is 5.06. The van der Waals surface area contributed by atoms with Crippen LogP contribution in [0.25, 0.3) is 0 Å². The summed E-state index contributed by atoms with van der Waals surface area (Å²) in [4.78, 5) is 31.6. The molecule has 3 aliphatic rings. The summed E-state index contributed by atoms with van der Waals surface area (Å²) < 4.78 is 50.2. The van der Waals surface area contributed by atoms with Crippen LogP contribution >= 0.6 is 11.6 Å². The zero-order valence-electron chi connectivity index (χ0n) is 20.8. The first-order valence-electron chi connectivity index (χ1n) is 12.7. The SMILES string of the molecule is O=C(c1ccccc1OC1(C(=O)O)CCCC2=C1C=C(Cl)OC2)N(CCc1ccc(C(F)(F)F)nc1)C1CC1.[NaH]. The Bertz CT molecular complexity index is 1340. The molecule has 2 aliphatic carbocycles. The van der Waals surface area contributed by atoms with Crippen molar-refractivity contribution in [3.63, 3.8) is 0 Å². The number of aromatic nitrogens is 1. The van der Waals surface area contributed by atoms with Gasteiger partial charge in [0.15, 0.2) is 5.22 Å². The van der Waals surface area contributed by atoms with Crippen molar-refractivity contribution in [2.45, 2.75) is 56.3 Å². The van der Waals surface area contributed by atoms with Crippen LogP contribution in [0.1, 0.15) is 53.7 Å². The van der Waals surface area contributed by atoms with E-state index in [4.69, 9.17) is 21.1 Å². The zero-order chi connectivity index (χ0) is 27.8. The Morgan fingerprint density at radius 2 is 1.95 bits per heavy atom. The van der Waals surface area contributed by atoms with E-state index >= 15 is 0 Å². The predicted molar refractivity (Wildman–Crippen MR) is 142 cm³/mol. The molecule has 2 aromatic rings. The molecule has 5 rings (SSSR count). The summed E-state index contributed by atoms with van der Waals surface area (Å²) in [6.45, 7) is 0.442. The number of rotatable bonds is 8. The summed E-state index contributed by atoms with van der Waals surface area (Å²) in [5.41, 5.74) is -0.688. The monoisotopic (exact) mass is 586 g/mol. The number of alkyl halides is 3. The molecule has 1 aromatic carbocycles. The van der Waals surface area contributed by atoms with Crippen molar-refractivity contribution >= 4 is 53.0 Å². The van der Waals surface area contributed by atoms with Gasteiger partial charge in [-0.3, -0.25) is 9.78 Å². The summed E-state index contributed by atoms with van der Waals surface area (Å²) >= 11 is 6.09. The first-order valence-corrected chi connectivity index (χ1v) is 13.0. The topological polar surface area (TPSA) is 89.0 Å². The fourth-order valence-corrected chi connectivity index (χ4v) is 5.22. The molecule has 0 radical (unpaired) electrons. The number of amides is 1. The van der Waals surface area contributed by atoms with Gasteiger partial charge in [0, 0.05) is 36.9 Å². The van der Waals surface area contributed by atoms with E-state index in [2.05, 4.69) is 4.98 Å². The van der Waals surface area contributed by atoms with Gasteiger partial charge in [0.1, 0.15) is 18.1 Å². The van der Waals surface area contributed by atoms with E-state index in [1.54, 1.807) is 29.2 Å². The Morgan fingerprint density at radius 3 is 2.60 bits per heavy atom. The number of carboxylic acid groups (broad SMARTS) is 1. The average Bonchev–Trinajstić information content (AvgIpc) is 3.74. The van der Waals surface area contributed by atoms with Gasteiger partial charge in [0.25, 0.3) is 5.91 Å². The van der Waals surface area contributed by atoms with Crippen molar-refractivity contribution in [2.75, 3.05) is 13.2 Å². The second kappa shape index (κ2) is 12.1. The van der Waals surface area contributed by atoms with Gasteiger partial charge in [-0.1, -0.05) is 18.2 Å². The molecule has 1 fully saturated rings. The van der Waals surface area contributed by atoms with Crippen LogP contribution in [0.3, 0.4) is 0 Å². The number of ether oxygens (including phenoxy) is 2. The Morgan fingerprint density at radius 1 is 1.20 bits per heavy atom. The number of carboxylic acids is 1. The minimum absolute atomic E-state index is 0. The zero-order valence-corrected chi connectivity index (χ0v) is 21.6. The normalized spacial score (nSPS) is 20.4. The second-order valence-electron chi connectivity index (χ2n) is 9.87. The second-order valence-corrected chi connectivity index (χ2v) is 10.2.